The number of thiazole rings is 2. The maximum atomic E-state index is 13.0. The van der Waals surface area contributed by atoms with Crippen molar-refractivity contribution in [3.63, 3.8) is 0 Å². The van der Waals surface area contributed by atoms with E-state index in [2.05, 4.69) is 10.3 Å². The third kappa shape index (κ3) is 5.73. The topological polar surface area (TPSA) is 64.0 Å². The second kappa shape index (κ2) is 8.46. The maximum Gasteiger partial charge on any atom is 0.416 e. The highest BCUT2D eigenvalue weighted by Gasteiger charge is 2.36. The number of halogens is 6. The summed E-state index contributed by atoms with van der Waals surface area (Å²) in [6, 6.07) is 1.37. The van der Waals surface area contributed by atoms with E-state index in [0.29, 0.717) is 22.7 Å². The molecule has 5 nitrogen and oxygen atoms in total. The van der Waals surface area contributed by atoms with Crippen molar-refractivity contribution in [2.45, 2.75) is 32.2 Å². The molecule has 13 heteroatoms. The molecule has 2 aromatic heterocycles. The van der Waals surface area contributed by atoms with E-state index in [0.717, 1.165) is 22.7 Å². The standard InChI is InChI=1S/C18H13F6N3O2S2/c1-9-8-30-16(29)27(9)7-14(28)26-15-25-6-13(31-15)4-10-2-11(17(19,20)21)5-12(3-10)18(22,23)24/h2-3,5-6,8H,4,7H2,1H3,(H,25,26,28). The number of aryl methyl sites for hydroxylation is 1. The number of nitrogens with one attached hydrogen (secondary N) is 1. The molecule has 0 saturated carbocycles. The monoisotopic (exact) mass is 481 g/mol. The highest BCUT2D eigenvalue weighted by molar-refractivity contribution is 7.15. The zero-order chi connectivity index (χ0) is 23.0. The highest BCUT2D eigenvalue weighted by atomic mass is 32.1. The van der Waals surface area contributed by atoms with Crippen molar-refractivity contribution in [2.24, 2.45) is 0 Å². The van der Waals surface area contributed by atoms with Gasteiger partial charge >= 0.3 is 17.2 Å². The molecule has 0 aliphatic rings. The van der Waals surface area contributed by atoms with Gasteiger partial charge in [-0.15, -0.1) is 11.3 Å². The quantitative estimate of drug-likeness (QED) is 0.525. The van der Waals surface area contributed by atoms with E-state index in [-0.39, 0.29) is 34.6 Å². The predicted octanol–water partition coefficient (Wildman–Crippen LogP) is 4.94. The molecule has 31 heavy (non-hydrogen) atoms. The number of carbonyl (C=O) groups excluding carboxylic acids is 1. The number of aromatic nitrogens is 2. The highest BCUT2D eigenvalue weighted by Crippen LogP contribution is 2.37. The van der Waals surface area contributed by atoms with Gasteiger partial charge in [0.15, 0.2) is 5.13 Å². The third-order valence-electron chi connectivity index (χ3n) is 4.10. The number of hydrogen-bond acceptors (Lipinski definition) is 5. The molecule has 1 amide bonds. The lowest BCUT2D eigenvalue weighted by atomic mass is 10.0. The van der Waals surface area contributed by atoms with Gasteiger partial charge in [-0.05, 0) is 30.7 Å². The lowest BCUT2D eigenvalue weighted by Gasteiger charge is -2.13. The van der Waals surface area contributed by atoms with Crippen LogP contribution in [0.25, 0.3) is 0 Å². The van der Waals surface area contributed by atoms with Gasteiger partial charge in [0.2, 0.25) is 5.91 Å². The molecule has 166 valence electrons. The number of benzene rings is 1. The van der Waals surface area contributed by atoms with Gasteiger partial charge in [-0.1, -0.05) is 11.3 Å². The van der Waals surface area contributed by atoms with Crippen molar-refractivity contribution in [3.8, 4) is 0 Å². The summed E-state index contributed by atoms with van der Waals surface area (Å²) in [6.45, 7) is 1.42. The smallest absolute Gasteiger partial charge is 0.300 e. The van der Waals surface area contributed by atoms with E-state index in [1.807, 2.05) is 0 Å². The second-order valence-electron chi connectivity index (χ2n) is 6.50. The van der Waals surface area contributed by atoms with Gasteiger partial charge in [0.1, 0.15) is 6.54 Å². The Bertz CT molecular complexity index is 1130. The minimum absolute atomic E-state index is 0.0657. The zero-order valence-electron chi connectivity index (χ0n) is 15.6. The van der Waals surface area contributed by atoms with Gasteiger partial charge in [-0.3, -0.25) is 14.2 Å². The summed E-state index contributed by atoms with van der Waals surface area (Å²) in [6.07, 6.45) is -8.83. The summed E-state index contributed by atoms with van der Waals surface area (Å²) in [5, 5.41) is 4.18. The van der Waals surface area contributed by atoms with Gasteiger partial charge in [0, 0.05) is 28.6 Å². The van der Waals surface area contributed by atoms with Crippen LogP contribution in [0.4, 0.5) is 31.5 Å². The Kier molecular flexibility index (Phi) is 6.28. The van der Waals surface area contributed by atoms with Gasteiger partial charge in [0.05, 0.1) is 11.1 Å². The van der Waals surface area contributed by atoms with Crippen molar-refractivity contribution in [1.82, 2.24) is 9.55 Å². The first-order valence-corrected chi connectivity index (χ1v) is 10.2. The van der Waals surface area contributed by atoms with Crippen LogP contribution in [0.3, 0.4) is 0 Å². The molecule has 0 aliphatic heterocycles. The Morgan fingerprint density at radius 3 is 2.23 bits per heavy atom. The Balaban J connectivity index is 1.76. The molecule has 3 aromatic rings. The molecular weight excluding hydrogens is 468 g/mol. The van der Waals surface area contributed by atoms with Crippen molar-refractivity contribution in [2.75, 3.05) is 5.32 Å². The average Bonchev–Trinajstić information content (AvgIpc) is 3.21. The van der Waals surface area contributed by atoms with Crippen molar-refractivity contribution in [3.05, 3.63) is 66.7 Å². The Hall–Kier alpha value is -2.67. The Morgan fingerprint density at radius 2 is 1.71 bits per heavy atom. The second-order valence-corrected chi connectivity index (χ2v) is 8.44. The first kappa shape index (κ1) is 23.0. The lowest BCUT2D eigenvalue weighted by Crippen LogP contribution is -2.25. The Morgan fingerprint density at radius 1 is 1.10 bits per heavy atom. The van der Waals surface area contributed by atoms with Gasteiger partial charge in [-0.2, -0.15) is 26.3 Å². The molecule has 0 bridgehead atoms. The summed E-state index contributed by atoms with van der Waals surface area (Å²) in [4.78, 5) is 27.7. The first-order valence-electron chi connectivity index (χ1n) is 8.51. The van der Waals surface area contributed by atoms with Crippen LogP contribution < -0.4 is 10.2 Å². The summed E-state index contributed by atoms with van der Waals surface area (Å²) < 4.78 is 79.2. The van der Waals surface area contributed by atoms with Crippen molar-refractivity contribution < 1.29 is 31.1 Å². The first-order chi connectivity index (χ1) is 14.3. The van der Waals surface area contributed by atoms with Gasteiger partial charge in [0.25, 0.3) is 0 Å². The Labute approximate surface area is 179 Å². The maximum absolute atomic E-state index is 13.0. The summed E-state index contributed by atoms with van der Waals surface area (Å²) in [5.74, 6) is -0.539. The molecule has 0 fully saturated rings. The normalized spacial score (nSPS) is 12.2. The van der Waals surface area contributed by atoms with E-state index in [4.69, 9.17) is 0 Å². The van der Waals surface area contributed by atoms with Crippen LogP contribution in [0.5, 0.6) is 0 Å². The molecule has 0 atom stereocenters. The summed E-state index contributed by atoms with van der Waals surface area (Å²) in [5.41, 5.74) is -2.38. The molecule has 2 heterocycles. The largest absolute Gasteiger partial charge is 0.416 e. The van der Waals surface area contributed by atoms with Crippen LogP contribution in [0.15, 0.2) is 34.6 Å². The number of amides is 1. The van der Waals surface area contributed by atoms with Crippen molar-refractivity contribution >= 4 is 33.7 Å². The molecule has 0 saturated heterocycles. The molecule has 0 spiro atoms. The van der Waals surface area contributed by atoms with E-state index in [1.165, 1.54) is 10.8 Å². The number of nitrogens with zero attached hydrogens (tertiary/aromatic N) is 2. The van der Waals surface area contributed by atoms with Crippen LogP contribution in [-0.4, -0.2) is 15.5 Å². The van der Waals surface area contributed by atoms with Crippen LogP contribution >= 0.6 is 22.7 Å². The third-order valence-corrected chi connectivity index (χ3v) is 5.90. The SMILES string of the molecule is Cc1csc(=O)n1CC(=O)Nc1ncc(Cc2cc(C(F)(F)F)cc(C(F)(F)F)c2)s1. The molecular formula is C18H13F6N3O2S2. The number of alkyl halides is 6. The summed E-state index contributed by atoms with van der Waals surface area (Å²) >= 11 is 1.86. The predicted molar refractivity (Wildman–Crippen MR) is 103 cm³/mol. The van der Waals surface area contributed by atoms with E-state index in [9.17, 15) is 35.9 Å². The molecule has 0 radical (unpaired) electrons. The van der Waals surface area contributed by atoms with E-state index < -0.39 is 29.4 Å². The molecule has 3 rings (SSSR count). The van der Waals surface area contributed by atoms with Gasteiger partial charge in [-0.25, -0.2) is 4.98 Å². The number of carbonyl (C=O) groups is 1. The van der Waals surface area contributed by atoms with E-state index in [1.54, 1.807) is 12.3 Å². The van der Waals surface area contributed by atoms with Gasteiger partial charge < -0.3 is 5.32 Å². The number of anilines is 1. The van der Waals surface area contributed by atoms with Crippen LogP contribution in [0.1, 0.15) is 27.3 Å². The minimum Gasteiger partial charge on any atom is -0.300 e. The average molecular weight is 481 g/mol. The minimum atomic E-state index is -4.93. The molecule has 1 aromatic carbocycles. The van der Waals surface area contributed by atoms with Crippen LogP contribution in [0, 0.1) is 6.92 Å². The fourth-order valence-corrected chi connectivity index (χ4v) is 4.27. The van der Waals surface area contributed by atoms with Crippen LogP contribution in [-0.2, 0) is 30.1 Å². The summed E-state index contributed by atoms with van der Waals surface area (Å²) in [7, 11) is 0. The molecule has 1 N–H and O–H groups in total. The fourth-order valence-electron chi connectivity index (χ4n) is 2.67. The van der Waals surface area contributed by atoms with Crippen LogP contribution in [0.2, 0.25) is 0 Å². The van der Waals surface area contributed by atoms with E-state index >= 15 is 0 Å². The fraction of sp³-hybridized carbons (Fsp3) is 0.278. The zero-order valence-corrected chi connectivity index (χ0v) is 17.2. The number of rotatable bonds is 5. The number of hydrogen-bond donors (Lipinski definition) is 1. The molecule has 0 unspecified atom stereocenters. The lowest BCUT2D eigenvalue weighted by molar-refractivity contribution is -0.143. The molecule has 0 aliphatic carbocycles. The van der Waals surface area contributed by atoms with Crippen molar-refractivity contribution in [1.29, 1.82) is 0 Å².